The first-order valence-electron chi connectivity index (χ1n) is 12.0. The molecule has 3 heterocycles. The van der Waals surface area contributed by atoms with Crippen LogP contribution in [0, 0.1) is 0 Å². The lowest BCUT2D eigenvalue weighted by Crippen LogP contribution is -2.06. The smallest absolute Gasteiger partial charge is 0.200 e. The average molecular weight is 479 g/mol. The maximum atomic E-state index is 13.5. The predicted octanol–water partition coefficient (Wildman–Crippen LogP) is 7.30. The van der Waals surface area contributed by atoms with Gasteiger partial charge < -0.3 is 13.4 Å². The highest BCUT2D eigenvalue weighted by Gasteiger charge is 2.16. The van der Waals surface area contributed by atoms with E-state index in [-0.39, 0.29) is 10.9 Å². The molecule has 0 aliphatic carbocycles. The fraction of sp³-hybridized carbons (Fsp3) is 0. The molecule has 0 unspecified atom stereocenters. The Labute approximate surface area is 208 Å². The van der Waals surface area contributed by atoms with Crippen molar-refractivity contribution in [3.8, 4) is 5.69 Å². The first-order valence-corrected chi connectivity index (χ1v) is 12.0. The predicted molar refractivity (Wildman–Crippen MR) is 148 cm³/mol. The Hall–Kier alpha value is -5.16. The second kappa shape index (κ2) is 7.18. The van der Waals surface area contributed by atoms with E-state index in [0.29, 0.717) is 43.9 Å². The van der Waals surface area contributed by atoms with E-state index >= 15 is 0 Å². The molecule has 3 aromatic heterocycles. The van der Waals surface area contributed by atoms with Crippen LogP contribution in [0.4, 0.5) is 0 Å². The van der Waals surface area contributed by atoms with Gasteiger partial charge in [-0.25, -0.2) is 0 Å². The van der Waals surface area contributed by atoms with Crippen LogP contribution in [-0.4, -0.2) is 4.57 Å². The maximum absolute atomic E-state index is 13.5. The van der Waals surface area contributed by atoms with Crippen molar-refractivity contribution in [2.45, 2.75) is 0 Å². The molecule has 8 aromatic rings. The second-order valence-electron chi connectivity index (χ2n) is 9.25. The Morgan fingerprint density at radius 1 is 0.432 bits per heavy atom. The molecule has 0 atom stereocenters. The minimum absolute atomic E-state index is 0.152. The molecule has 5 nitrogen and oxygen atoms in total. The van der Waals surface area contributed by atoms with E-state index in [1.807, 2.05) is 42.5 Å². The summed E-state index contributed by atoms with van der Waals surface area (Å²) in [6, 6.07) is 32.5. The second-order valence-corrected chi connectivity index (χ2v) is 9.25. The molecule has 0 radical (unpaired) electrons. The lowest BCUT2D eigenvalue weighted by Gasteiger charge is -2.09. The third kappa shape index (κ3) is 2.74. The average Bonchev–Trinajstić information content (AvgIpc) is 3.27. The first-order chi connectivity index (χ1) is 18.2. The fourth-order valence-electron chi connectivity index (χ4n) is 5.48. The van der Waals surface area contributed by atoms with Gasteiger partial charge in [-0.1, -0.05) is 48.5 Å². The lowest BCUT2D eigenvalue weighted by atomic mass is 10.1. The monoisotopic (exact) mass is 479 g/mol. The van der Waals surface area contributed by atoms with Gasteiger partial charge in [0, 0.05) is 22.5 Å². The van der Waals surface area contributed by atoms with Crippen molar-refractivity contribution in [1.29, 1.82) is 0 Å². The first kappa shape index (κ1) is 20.1. The minimum Gasteiger partial charge on any atom is -0.456 e. The standard InChI is InChI=1S/C32H17NO4/c34-31-21-9-3-6-12-27(21)36-29-16-24-30(17-23(29)31)37-28-15-18(13-14-22(28)32(24)35)33-25-10-4-1-7-19(25)20-8-2-5-11-26(20)33/h1-17H. The van der Waals surface area contributed by atoms with Gasteiger partial charge in [0.05, 0.1) is 32.6 Å². The molecule has 0 aliphatic heterocycles. The van der Waals surface area contributed by atoms with E-state index in [1.54, 1.807) is 36.4 Å². The molecule has 174 valence electrons. The van der Waals surface area contributed by atoms with Gasteiger partial charge in [0.15, 0.2) is 0 Å². The molecule has 0 saturated carbocycles. The van der Waals surface area contributed by atoms with Crippen LogP contribution in [0.5, 0.6) is 0 Å². The molecule has 5 heteroatoms. The van der Waals surface area contributed by atoms with E-state index in [4.69, 9.17) is 8.83 Å². The highest BCUT2D eigenvalue weighted by atomic mass is 16.3. The summed E-state index contributed by atoms with van der Waals surface area (Å²) in [7, 11) is 0. The Kier molecular flexibility index (Phi) is 3.90. The van der Waals surface area contributed by atoms with Crippen molar-refractivity contribution >= 4 is 65.7 Å². The molecule has 0 amide bonds. The molecule has 0 fully saturated rings. The molecule has 0 spiro atoms. The highest BCUT2D eigenvalue weighted by molar-refractivity contribution is 6.09. The highest BCUT2D eigenvalue weighted by Crippen LogP contribution is 2.33. The van der Waals surface area contributed by atoms with Crippen LogP contribution >= 0.6 is 0 Å². The Morgan fingerprint density at radius 3 is 1.57 bits per heavy atom. The number of benzene rings is 5. The van der Waals surface area contributed by atoms with Crippen molar-refractivity contribution in [1.82, 2.24) is 4.57 Å². The number of fused-ring (bicyclic) bond motifs is 7. The Balaban J connectivity index is 1.44. The van der Waals surface area contributed by atoms with Crippen molar-refractivity contribution < 1.29 is 8.83 Å². The van der Waals surface area contributed by atoms with Gasteiger partial charge in [-0.3, -0.25) is 9.59 Å². The van der Waals surface area contributed by atoms with Gasteiger partial charge in [-0.15, -0.1) is 0 Å². The molecule has 0 N–H and O–H groups in total. The topological polar surface area (TPSA) is 65.3 Å². The summed E-state index contributed by atoms with van der Waals surface area (Å²) in [6.07, 6.45) is 0. The van der Waals surface area contributed by atoms with Crippen LogP contribution in [0.15, 0.2) is 122 Å². The molecule has 0 saturated heterocycles. The third-order valence-corrected chi connectivity index (χ3v) is 7.19. The minimum atomic E-state index is -0.164. The van der Waals surface area contributed by atoms with Gasteiger partial charge >= 0.3 is 0 Å². The normalized spacial score (nSPS) is 12.0. The SMILES string of the molecule is O=c1c2ccccc2oc2cc3c(=O)c4ccc(-n5c6ccccc6c6ccccc65)cc4oc3cc12. The quantitative estimate of drug-likeness (QED) is 0.232. The molecule has 8 rings (SSSR count). The van der Waals surface area contributed by atoms with Crippen LogP contribution in [0.25, 0.3) is 71.4 Å². The fourth-order valence-corrected chi connectivity index (χ4v) is 5.48. The van der Waals surface area contributed by atoms with E-state index in [9.17, 15) is 9.59 Å². The summed E-state index contributed by atoms with van der Waals surface area (Å²) < 4.78 is 14.4. The number of hydrogen-bond acceptors (Lipinski definition) is 4. The van der Waals surface area contributed by atoms with Crippen LogP contribution in [-0.2, 0) is 0 Å². The van der Waals surface area contributed by atoms with E-state index in [0.717, 1.165) is 27.5 Å². The Bertz CT molecular complexity index is 2300. The molecular weight excluding hydrogens is 462 g/mol. The summed E-state index contributed by atoms with van der Waals surface area (Å²) in [5.41, 5.74) is 4.38. The number of hydrogen-bond donors (Lipinski definition) is 0. The number of rotatable bonds is 1. The van der Waals surface area contributed by atoms with Gasteiger partial charge in [-0.2, -0.15) is 0 Å². The van der Waals surface area contributed by atoms with Gasteiger partial charge in [0.25, 0.3) is 0 Å². The summed E-state index contributed by atoms with van der Waals surface area (Å²) in [5, 5.41) is 4.04. The van der Waals surface area contributed by atoms with Crippen LogP contribution in [0.1, 0.15) is 0 Å². The number of para-hydroxylation sites is 3. The number of nitrogens with zero attached hydrogens (tertiary/aromatic N) is 1. The van der Waals surface area contributed by atoms with Crippen LogP contribution in [0.2, 0.25) is 0 Å². The third-order valence-electron chi connectivity index (χ3n) is 7.19. The van der Waals surface area contributed by atoms with E-state index in [2.05, 4.69) is 28.8 Å². The van der Waals surface area contributed by atoms with Gasteiger partial charge in [0.1, 0.15) is 22.3 Å². The van der Waals surface area contributed by atoms with Crippen molar-refractivity contribution in [2.24, 2.45) is 0 Å². The van der Waals surface area contributed by atoms with Crippen molar-refractivity contribution in [3.05, 3.63) is 124 Å². The maximum Gasteiger partial charge on any atom is 0.200 e. The van der Waals surface area contributed by atoms with Crippen molar-refractivity contribution in [3.63, 3.8) is 0 Å². The van der Waals surface area contributed by atoms with Gasteiger partial charge in [0.2, 0.25) is 10.9 Å². The van der Waals surface area contributed by atoms with Gasteiger partial charge in [-0.05, 0) is 48.5 Å². The molecule has 0 aliphatic rings. The zero-order valence-corrected chi connectivity index (χ0v) is 19.4. The summed E-state index contributed by atoms with van der Waals surface area (Å²) >= 11 is 0. The van der Waals surface area contributed by atoms with E-state index < -0.39 is 0 Å². The summed E-state index contributed by atoms with van der Waals surface area (Å²) in [5.74, 6) is 0. The zero-order valence-electron chi connectivity index (χ0n) is 19.4. The molecular formula is C32H17NO4. The summed E-state index contributed by atoms with van der Waals surface area (Å²) in [4.78, 5) is 26.7. The molecule has 0 bridgehead atoms. The van der Waals surface area contributed by atoms with E-state index in [1.165, 1.54) is 0 Å². The van der Waals surface area contributed by atoms with Crippen LogP contribution in [0.3, 0.4) is 0 Å². The summed E-state index contributed by atoms with van der Waals surface area (Å²) in [6.45, 7) is 0. The number of aromatic nitrogens is 1. The zero-order chi connectivity index (χ0) is 24.7. The lowest BCUT2D eigenvalue weighted by molar-refractivity contribution is 0.652. The molecule has 37 heavy (non-hydrogen) atoms. The molecule has 5 aromatic carbocycles. The Morgan fingerprint density at radius 2 is 0.919 bits per heavy atom. The largest absolute Gasteiger partial charge is 0.456 e. The van der Waals surface area contributed by atoms with Crippen molar-refractivity contribution in [2.75, 3.05) is 0 Å². The van der Waals surface area contributed by atoms with Crippen LogP contribution < -0.4 is 10.9 Å².